The largest absolute Gasteiger partial charge is 0.469 e. The first-order valence-corrected chi connectivity index (χ1v) is 8.55. The molecule has 0 spiro atoms. The zero-order valence-corrected chi connectivity index (χ0v) is 13.6. The van der Waals surface area contributed by atoms with Crippen LogP contribution in [-0.2, 0) is 26.0 Å². The fraction of sp³-hybridized carbons (Fsp3) is 0.533. The topological polar surface area (TPSA) is 63.7 Å². The van der Waals surface area contributed by atoms with E-state index in [-0.39, 0.29) is 17.9 Å². The highest BCUT2D eigenvalue weighted by Gasteiger charge is 2.23. The lowest BCUT2D eigenvalue weighted by molar-refractivity contribution is -0.140. The van der Waals surface area contributed by atoms with Gasteiger partial charge >= 0.3 is 5.97 Å². The van der Waals surface area contributed by atoms with Gasteiger partial charge in [0.2, 0.25) is 10.0 Å². The van der Waals surface area contributed by atoms with Crippen molar-refractivity contribution in [2.45, 2.75) is 38.0 Å². The second-order valence-electron chi connectivity index (χ2n) is 4.72. The Morgan fingerprint density at radius 2 is 1.81 bits per heavy atom. The highest BCUT2D eigenvalue weighted by atomic mass is 32.2. The van der Waals surface area contributed by atoms with E-state index >= 15 is 0 Å². The Morgan fingerprint density at radius 1 is 1.19 bits per heavy atom. The number of hydrogen-bond acceptors (Lipinski definition) is 4. The number of ether oxygens (including phenoxy) is 1. The second-order valence-corrected chi connectivity index (χ2v) is 6.65. The Kier molecular flexibility index (Phi) is 6.84. The Hall–Kier alpha value is -1.40. The third-order valence-electron chi connectivity index (χ3n) is 3.25. The molecule has 1 aromatic rings. The average molecular weight is 313 g/mol. The van der Waals surface area contributed by atoms with Crippen LogP contribution in [0.15, 0.2) is 29.2 Å². The predicted molar refractivity (Wildman–Crippen MR) is 81.5 cm³/mol. The normalized spacial score (nSPS) is 11.6. The highest BCUT2D eigenvalue weighted by molar-refractivity contribution is 7.89. The first-order chi connectivity index (χ1) is 9.95. The molecule has 118 valence electrons. The van der Waals surface area contributed by atoms with Crippen LogP contribution in [-0.4, -0.2) is 38.9 Å². The van der Waals surface area contributed by atoms with E-state index in [9.17, 15) is 13.2 Å². The molecule has 0 radical (unpaired) electrons. The first kappa shape index (κ1) is 17.7. The van der Waals surface area contributed by atoms with Crippen LogP contribution in [0, 0.1) is 0 Å². The fourth-order valence-corrected chi connectivity index (χ4v) is 3.48. The number of esters is 1. The van der Waals surface area contributed by atoms with Crippen LogP contribution in [0.5, 0.6) is 0 Å². The summed E-state index contributed by atoms with van der Waals surface area (Å²) in [5.74, 6) is -0.415. The highest BCUT2D eigenvalue weighted by Crippen LogP contribution is 2.17. The number of rotatable bonds is 8. The predicted octanol–water partition coefficient (Wildman–Crippen LogP) is 2.21. The van der Waals surface area contributed by atoms with Crippen LogP contribution in [0.2, 0.25) is 0 Å². The molecule has 0 saturated carbocycles. The molecule has 0 aliphatic carbocycles. The van der Waals surface area contributed by atoms with Crippen molar-refractivity contribution in [3.63, 3.8) is 0 Å². The molecule has 1 aromatic carbocycles. The number of carbonyl (C=O) groups excluding carboxylic acids is 1. The third kappa shape index (κ3) is 4.82. The van der Waals surface area contributed by atoms with E-state index in [1.54, 1.807) is 19.1 Å². The minimum atomic E-state index is -3.56. The van der Waals surface area contributed by atoms with E-state index in [2.05, 4.69) is 11.7 Å². The number of hydrogen-bond donors (Lipinski definition) is 0. The summed E-state index contributed by atoms with van der Waals surface area (Å²) in [6, 6.07) is 6.93. The molecule has 0 fully saturated rings. The molecule has 0 atom stereocenters. The molecule has 0 unspecified atom stereocenters. The smallest absolute Gasteiger partial charge is 0.306 e. The summed E-state index contributed by atoms with van der Waals surface area (Å²) in [5.41, 5.74) is 1.12. The zero-order chi connectivity index (χ0) is 15.9. The summed E-state index contributed by atoms with van der Waals surface area (Å²) in [5, 5.41) is 0. The van der Waals surface area contributed by atoms with E-state index in [1.165, 1.54) is 11.4 Å². The van der Waals surface area contributed by atoms with Gasteiger partial charge in [0, 0.05) is 13.1 Å². The van der Waals surface area contributed by atoms with E-state index in [0.717, 1.165) is 18.4 Å². The molecule has 21 heavy (non-hydrogen) atoms. The van der Waals surface area contributed by atoms with Crippen LogP contribution < -0.4 is 0 Å². The summed E-state index contributed by atoms with van der Waals surface area (Å²) < 4.78 is 30.9. The van der Waals surface area contributed by atoms with Gasteiger partial charge in [-0.3, -0.25) is 4.79 Å². The Bertz CT molecular complexity index is 552. The maximum atomic E-state index is 12.5. The standard InChI is InChI=1S/C15H23NO4S/c1-4-6-13-7-9-14(10-8-13)21(18,19)16(5-2)12-11-15(17)20-3/h7-10H,4-6,11-12H2,1-3H3. The molecule has 0 saturated heterocycles. The number of sulfonamides is 1. The van der Waals surface area contributed by atoms with Gasteiger partial charge in [-0.05, 0) is 24.1 Å². The molecular weight excluding hydrogens is 290 g/mol. The van der Waals surface area contributed by atoms with Crippen molar-refractivity contribution in [3.8, 4) is 0 Å². The minimum absolute atomic E-state index is 0.0531. The monoisotopic (exact) mass is 313 g/mol. The van der Waals surface area contributed by atoms with Crippen molar-refractivity contribution in [2.75, 3.05) is 20.2 Å². The van der Waals surface area contributed by atoms with Gasteiger partial charge in [-0.1, -0.05) is 32.4 Å². The molecule has 0 amide bonds. The fourth-order valence-electron chi connectivity index (χ4n) is 2.03. The molecule has 0 aliphatic heterocycles. The molecule has 6 heteroatoms. The Labute approximate surface area is 127 Å². The lowest BCUT2D eigenvalue weighted by Crippen LogP contribution is -2.33. The van der Waals surface area contributed by atoms with Gasteiger partial charge in [-0.25, -0.2) is 8.42 Å². The van der Waals surface area contributed by atoms with Gasteiger partial charge in [0.1, 0.15) is 0 Å². The molecule has 1 rings (SSSR count). The van der Waals surface area contributed by atoms with Crippen LogP contribution in [0.25, 0.3) is 0 Å². The summed E-state index contributed by atoms with van der Waals surface area (Å²) in [6.45, 7) is 4.27. The lowest BCUT2D eigenvalue weighted by atomic mass is 10.1. The second kappa shape index (κ2) is 8.14. The number of carbonyl (C=O) groups is 1. The van der Waals surface area contributed by atoms with E-state index in [4.69, 9.17) is 0 Å². The molecular formula is C15H23NO4S. The van der Waals surface area contributed by atoms with Crippen LogP contribution >= 0.6 is 0 Å². The number of benzene rings is 1. The maximum absolute atomic E-state index is 12.5. The summed E-state index contributed by atoms with van der Waals surface area (Å²) in [7, 11) is -2.27. The molecule has 0 N–H and O–H groups in total. The van der Waals surface area contributed by atoms with Crippen molar-refractivity contribution in [1.29, 1.82) is 0 Å². The van der Waals surface area contributed by atoms with Crippen molar-refractivity contribution in [2.24, 2.45) is 0 Å². The molecule has 0 aromatic heterocycles. The molecule has 5 nitrogen and oxygen atoms in total. The summed E-state index contributed by atoms with van der Waals surface area (Å²) in [6.07, 6.45) is 2.00. The van der Waals surface area contributed by atoms with Crippen molar-refractivity contribution in [1.82, 2.24) is 4.31 Å². The summed E-state index contributed by atoms with van der Waals surface area (Å²) >= 11 is 0. The molecule has 0 bridgehead atoms. The van der Waals surface area contributed by atoms with Gasteiger partial charge in [-0.2, -0.15) is 4.31 Å². The van der Waals surface area contributed by atoms with Gasteiger partial charge in [0.05, 0.1) is 18.4 Å². The maximum Gasteiger partial charge on any atom is 0.306 e. The van der Waals surface area contributed by atoms with E-state index in [1.807, 2.05) is 12.1 Å². The minimum Gasteiger partial charge on any atom is -0.469 e. The molecule has 0 aliphatic rings. The van der Waals surface area contributed by atoms with E-state index < -0.39 is 16.0 Å². The average Bonchev–Trinajstić information content (AvgIpc) is 2.48. The zero-order valence-electron chi connectivity index (χ0n) is 12.8. The lowest BCUT2D eigenvalue weighted by Gasteiger charge is -2.20. The quantitative estimate of drug-likeness (QED) is 0.690. The van der Waals surface area contributed by atoms with Crippen molar-refractivity contribution >= 4 is 16.0 Å². The van der Waals surface area contributed by atoms with Gasteiger partial charge in [0.25, 0.3) is 0 Å². The van der Waals surface area contributed by atoms with Crippen LogP contribution in [0.1, 0.15) is 32.3 Å². The van der Waals surface area contributed by atoms with E-state index in [0.29, 0.717) is 6.54 Å². The van der Waals surface area contributed by atoms with Crippen LogP contribution in [0.3, 0.4) is 0 Å². The Morgan fingerprint density at radius 3 is 2.29 bits per heavy atom. The van der Waals surface area contributed by atoms with Crippen molar-refractivity contribution < 1.29 is 17.9 Å². The molecule has 0 heterocycles. The summed E-state index contributed by atoms with van der Waals surface area (Å²) in [4.78, 5) is 11.4. The number of aryl methyl sites for hydroxylation is 1. The van der Waals surface area contributed by atoms with Gasteiger partial charge in [-0.15, -0.1) is 0 Å². The van der Waals surface area contributed by atoms with Crippen LogP contribution in [0.4, 0.5) is 0 Å². The SMILES string of the molecule is CCCc1ccc(S(=O)(=O)N(CC)CCC(=O)OC)cc1. The third-order valence-corrected chi connectivity index (χ3v) is 5.23. The number of nitrogens with zero attached hydrogens (tertiary/aromatic N) is 1. The Balaban J connectivity index is 2.88. The number of methoxy groups -OCH3 is 1. The van der Waals surface area contributed by atoms with Crippen molar-refractivity contribution in [3.05, 3.63) is 29.8 Å². The first-order valence-electron chi connectivity index (χ1n) is 7.11. The van der Waals surface area contributed by atoms with Gasteiger partial charge < -0.3 is 4.74 Å². The van der Waals surface area contributed by atoms with Gasteiger partial charge in [0.15, 0.2) is 0 Å².